The Morgan fingerprint density at radius 3 is 2.55 bits per heavy atom. The van der Waals surface area contributed by atoms with Gasteiger partial charge >= 0.3 is 0 Å². The number of unbranched alkanes of at least 4 members (excludes halogenated alkanes) is 7. The second-order valence-electron chi connectivity index (χ2n) is 6.73. The van der Waals surface area contributed by atoms with Gasteiger partial charge in [0.15, 0.2) is 0 Å². The highest BCUT2D eigenvalue weighted by molar-refractivity contribution is 5.15. The minimum absolute atomic E-state index is 0.711. The molecule has 0 radical (unpaired) electrons. The lowest BCUT2D eigenvalue weighted by molar-refractivity contribution is 0.331. The summed E-state index contributed by atoms with van der Waals surface area (Å²) in [6, 6.07) is 1.51. The maximum absolute atomic E-state index is 3.77. The highest BCUT2D eigenvalue weighted by atomic mass is 15.0. The van der Waals surface area contributed by atoms with Crippen LogP contribution in [0, 0.1) is 0 Å². The zero-order chi connectivity index (χ0) is 14.0. The molecular formula is C19H33N. The van der Waals surface area contributed by atoms with Gasteiger partial charge in [0, 0.05) is 12.1 Å². The van der Waals surface area contributed by atoms with E-state index < -0.39 is 0 Å². The Bertz CT molecular complexity index is 305. The van der Waals surface area contributed by atoms with Crippen LogP contribution in [0.2, 0.25) is 0 Å². The van der Waals surface area contributed by atoms with Crippen LogP contribution in [-0.2, 0) is 0 Å². The summed E-state index contributed by atoms with van der Waals surface area (Å²) in [5.74, 6) is 0. The zero-order valence-corrected chi connectivity index (χ0v) is 13.2. The number of allylic oxidation sites excluding steroid dienone is 1. The number of hydrogen-bond donors (Lipinski definition) is 1. The molecule has 2 aliphatic rings. The van der Waals surface area contributed by atoms with E-state index in [1.807, 2.05) is 6.08 Å². The van der Waals surface area contributed by atoms with Gasteiger partial charge in [-0.05, 0) is 44.9 Å². The van der Waals surface area contributed by atoms with Crippen LogP contribution >= 0.6 is 0 Å². The molecule has 114 valence electrons. The van der Waals surface area contributed by atoms with E-state index in [9.17, 15) is 0 Å². The van der Waals surface area contributed by atoms with E-state index in [2.05, 4.69) is 18.0 Å². The third-order valence-corrected chi connectivity index (χ3v) is 4.87. The predicted molar refractivity (Wildman–Crippen MR) is 89.0 cm³/mol. The Morgan fingerprint density at radius 2 is 1.80 bits per heavy atom. The van der Waals surface area contributed by atoms with Crippen LogP contribution in [0.15, 0.2) is 24.3 Å². The van der Waals surface area contributed by atoms with Crippen LogP contribution in [0.5, 0.6) is 0 Å². The van der Waals surface area contributed by atoms with Gasteiger partial charge in [-0.25, -0.2) is 0 Å². The third-order valence-electron chi connectivity index (χ3n) is 4.87. The van der Waals surface area contributed by atoms with Gasteiger partial charge in [0.2, 0.25) is 0 Å². The maximum atomic E-state index is 3.77. The molecule has 2 heterocycles. The molecule has 2 aliphatic heterocycles. The van der Waals surface area contributed by atoms with Crippen LogP contribution in [0.25, 0.3) is 0 Å². The molecule has 0 aromatic rings. The monoisotopic (exact) mass is 275 g/mol. The van der Waals surface area contributed by atoms with Crippen molar-refractivity contribution < 1.29 is 0 Å². The molecule has 0 amide bonds. The Kier molecular flexibility index (Phi) is 7.43. The number of hydrogen-bond acceptors (Lipinski definition) is 1. The summed E-state index contributed by atoms with van der Waals surface area (Å²) in [6.07, 6.45) is 22.6. The van der Waals surface area contributed by atoms with Gasteiger partial charge in [0.1, 0.15) is 0 Å². The summed E-state index contributed by atoms with van der Waals surface area (Å²) in [7, 11) is 0. The molecule has 20 heavy (non-hydrogen) atoms. The normalized spacial score (nSPS) is 25.3. The van der Waals surface area contributed by atoms with Crippen molar-refractivity contribution in [1.82, 2.24) is 5.32 Å². The summed E-state index contributed by atoms with van der Waals surface area (Å²) < 4.78 is 0. The Morgan fingerprint density at radius 1 is 1.05 bits per heavy atom. The lowest BCUT2D eigenvalue weighted by atomic mass is 9.85. The van der Waals surface area contributed by atoms with Gasteiger partial charge in [-0.15, -0.1) is 6.58 Å². The van der Waals surface area contributed by atoms with E-state index >= 15 is 0 Å². The quantitative estimate of drug-likeness (QED) is 0.408. The van der Waals surface area contributed by atoms with Gasteiger partial charge in [0.05, 0.1) is 0 Å². The third kappa shape index (κ3) is 5.83. The predicted octanol–water partition coefficient (Wildman–Crippen LogP) is 5.52. The van der Waals surface area contributed by atoms with E-state index in [1.54, 1.807) is 5.57 Å². The summed E-state index contributed by atoms with van der Waals surface area (Å²) in [6.45, 7) is 3.77. The second kappa shape index (κ2) is 9.39. The summed E-state index contributed by atoms with van der Waals surface area (Å²) in [4.78, 5) is 0. The molecule has 0 aromatic heterocycles. The van der Waals surface area contributed by atoms with Crippen molar-refractivity contribution in [2.24, 2.45) is 0 Å². The highest BCUT2D eigenvalue weighted by Crippen LogP contribution is 2.27. The average Bonchev–Trinajstić information content (AvgIpc) is 2.45. The van der Waals surface area contributed by atoms with Crippen molar-refractivity contribution in [3.05, 3.63) is 24.3 Å². The van der Waals surface area contributed by atoms with Gasteiger partial charge in [-0.1, -0.05) is 56.3 Å². The first kappa shape index (κ1) is 15.8. The molecule has 0 aromatic carbocycles. The standard InChI is InChI=1S/C19H33N/c1-2-3-4-5-6-7-8-9-10-12-17-15-18-13-11-14-19(16-17)20-18/h2,15,18-20H,1,3-14,16H2. The molecule has 2 atom stereocenters. The lowest BCUT2D eigenvalue weighted by Crippen LogP contribution is -2.44. The van der Waals surface area contributed by atoms with E-state index in [0.29, 0.717) is 6.04 Å². The van der Waals surface area contributed by atoms with Gasteiger partial charge < -0.3 is 5.32 Å². The summed E-state index contributed by atoms with van der Waals surface area (Å²) >= 11 is 0. The van der Waals surface area contributed by atoms with E-state index in [-0.39, 0.29) is 0 Å². The fourth-order valence-corrected chi connectivity index (χ4v) is 3.73. The first-order chi connectivity index (χ1) is 9.88. The largest absolute Gasteiger partial charge is 0.307 e. The summed E-state index contributed by atoms with van der Waals surface area (Å²) in [5, 5.41) is 3.73. The van der Waals surface area contributed by atoms with Crippen LogP contribution in [0.4, 0.5) is 0 Å². The highest BCUT2D eigenvalue weighted by Gasteiger charge is 2.24. The van der Waals surface area contributed by atoms with Crippen molar-refractivity contribution >= 4 is 0 Å². The average molecular weight is 275 g/mol. The Hall–Kier alpha value is -0.560. The molecular weight excluding hydrogens is 242 g/mol. The van der Waals surface area contributed by atoms with Gasteiger partial charge in [0.25, 0.3) is 0 Å². The van der Waals surface area contributed by atoms with Gasteiger partial charge in [-0.2, -0.15) is 0 Å². The smallest absolute Gasteiger partial charge is 0.0255 e. The molecule has 1 nitrogen and oxygen atoms in total. The fraction of sp³-hybridized carbons (Fsp3) is 0.789. The molecule has 1 N–H and O–H groups in total. The molecule has 2 rings (SSSR count). The summed E-state index contributed by atoms with van der Waals surface area (Å²) in [5.41, 5.74) is 1.75. The molecule has 2 unspecified atom stereocenters. The second-order valence-corrected chi connectivity index (χ2v) is 6.73. The minimum atomic E-state index is 0.711. The van der Waals surface area contributed by atoms with Crippen molar-refractivity contribution in [3.63, 3.8) is 0 Å². The first-order valence-electron chi connectivity index (χ1n) is 8.95. The van der Waals surface area contributed by atoms with E-state index in [1.165, 1.54) is 83.5 Å². The fourth-order valence-electron chi connectivity index (χ4n) is 3.73. The molecule has 1 heteroatoms. The van der Waals surface area contributed by atoms with Crippen LogP contribution in [0.1, 0.15) is 83.5 Å². The van der Waals surface area contributed by atoms with E-state index in [4.69, 9.17) is 0 Å². The van der Waals surface area contributed by atoms with Crippen LogP contribution in [0.3, 0.4) is 0 Å². The molecule has 1 fully saturated rings. The molecule has 2 bridgehead atoms. The van der Waals surface area contributed by atoms with Crippen molar-refractivity contribution in [2.45, 2.75) is 95.6 Å². The zero-order valence-electron chi connectivity index (χ0n) is 13.2. The lowest BCUT2D eigenvalue weighted by Gasteiger charge is -2.35. The molecule has 0 aliphatic carbocycles. The molecule has 1 saturated heterocycles. The van der Waals surface area contributed by atoms with Gasteiger partial charge in [-0.3, -0.25) is 0 Å². The van der Waals surface area contributed by atoms with E-state index in [0.717, 1.165) is 6.04 Å². The minimum Gasteiger partial charge on any atom is -0.307 e. The van der Waals surface area contributed by atoms with Crippen LogP contribution < -0.4 is 5.32 Å². The first-order valence-corrected chi connectivity index (χ1v) is 8.95. The SMILES string of the molecule is C=CCCCCCCCCCC1=CC2CCCC(C1)N2. The van der Waals surface area contributed by atoms with Crippen molar-refractivity contribution in [3.8, 4) is 0 Å². The topological polar surface area (TPSA) is 12.0 Å². The number of rotatable bonds is 10. The molecule has 0 spiro atoms. The van der Waals surface area contributed by atoms with Crippen molar-refractivity contribution in [1.29, 1.82) is 0 Å². The Labute approximate surface area is 125 Å². The number of piperidine rings is 1. The molecule has 0 saturated carbocycles. The number of nitrogens with one attached hydrogen (secondary N) is 1. The maximum Gasteiger partial charge on any atom is 0.0255 e. The number of fused-ring (bicyclic) bond motifs is 2. The Balaban J connectivity index is 1.47. The van der Waals surface area contributed by atoms with Crippen molar-refractivity contribution in [2.75, 3.05) is 0 Å². The van der Waals surface area contributed by atoms with Crippen LogP contribution in [-0.4, -0.2) is 12.1 Å².